The van der Waals surface area contributed by atoms with Gasteiger partial charge in [0.25, 0.3) is 0 Å². The maximum absolute atomic E-state index is 12.1. The fraction of sp³-hybridized carbons (Fsp3) is 0.391. The molecule has 162 valence electrons. The highest BCUT2D eigenvalue weighted by Crippen LogP contribution is 2.16. The smallest absolute Gasteiger partial charge is 0.337 e. The molecule has 1 saturated heterocycles. The molecule has 30 heavy (non-hydrogen) atoms. The van der Waals surface area contributed by atoms with Crippen molar-refractivity contribution in [2.75, 3.05) is 33.4 Å². The molecule has 1 aliphatic heterocycles. The first-order valence-corrected chi connectivity index (χ1v) is 10.0. The highest BCUT2D eigenvalue weighted by Gasteiger charge is 2.14. The third kappa shape index (κ3) is 7.35. The first-order chi connectivity index (χ1) is 14.1. The van der Waals surface area contributed by atoms with E-state index in [2.05, 4.69) is 22.8 Å². The van der Waals surface area contributed by atoms with E-state index in [1.165, 1.54) is 19.1 Å². The van der Waals surface area contributed by atoms with Crippen LogP contribution in [-0.4, -0.2) is 45.2 Å². The molecule has 0 radical (unpaired) electrons. The molecule has 6 nitrogen and oxygen atoms in total. The number of methoxy groups -OCH3 is 1. The van der Waals surface area contributed by atoms with Crippen LogP contribution in [0.4, 0.5) is 0 Å². The van der Waals surface area contributed by atoms with Crippen LogP contribution in [0, 0.1) is 5.92 Å². The highest BCUT2D eigenvalue weighted by molar-refractivity contribution is 5.89. The van der Waals surface area contributed by atoms with Crippen molar-refractivity contribution in [3.63, 3.8) is 0 Å². The molecule has 2 aromatic carbocycles. The third-order valence-corrected chi connectivity index (χ3v) is 5.02. The number of amides is 1. The van der Waals surface area contributed by atoms with Crippen LogP contribution < -0.4 is 15.4 Å². The number of hydrogen-bond acceptors (Lipinski definition) is 5. The van der Waals surface area contributed by atoms with Crippen molar-refractivity contribution in [3.8, 4) is 5.75 Å². The van der Waals surface area contributed by atoms with Gasteiger partial charge >= 0.3 is 5.97 Å². The van der Waals surface area contributed by atoms with Crippen molar-refractivity contribution in [2.45, 2.75) is 19.3 Å². The van der Waals surface area contributed by atoms with E-state index in [0.29, 0.717) is 30.9 Å². The van der Waals surface area contributed by atoms with Crippen LogP contribution in [0.1, 0.15) is 27.9 Å². The lowest BCUT2D eigenvalue weighted by Crippen LogP contribution is -2.29. The summed E-state index contributed by atoms with van der Waals surface area (Å²) in [6.07, 6.45) is 2.68. The third-order valence-electron chi connectivity index (χ3n) is 5.02. The van der Waals surface area contributed by atoms with Gasteiger partial charge in [-0.15, -0.1) is 12.4 Å². The van der Waals surface area contributed by atoms with Crippen LogP contribution in [0.25, 0.3) is 0 Å². The van der Waals surface area contributed by atoms with Gasteiger partial charge in [-0.1, -0.05) is 30.3 Å². The maximum atomic E-state index is 12.1. The van der Waals surface area contributed by atoms with Crippen LogP contribution >= 0.6 is 12.4 Å². The Balaban J connectivity index is 0.00000320. The van der Waals surface area contributed by atoms with Crippen LogP contribution in [0.3, 0.4) is 0 Å². The number of hydrogen-bond donors (Lipinski definition) is 2. The summed E-state index contributed by atoms with van der Waals surface area (Å²) < 4.78 is 10.3. The molecular weight excluding hydrogens is 404 g/mol. The Bertz CT molecular complexity index is 820. The molecule has 0 saturated carbocycles. The molecule has 3 rings (SSSR count). The lowest BCUT2D eigenvalue weighted by atomic mass is 9.97. The molecule has 1 fully saturated rings. The summed E-state index contributed by atoms with van der Waals surface area (Å²) in [4.78, 5) is 23.7. The average Bonchev–Trinajstić information content (AvgIpc) is 3.25. The molecule has 0 aliphatic carbocycles. The maximum Gasteiger partial charge on any atom is 0.337 e. The molecule has 0 aromatic heterocycles. The number of rotatable bonds is 9. The molecule has 2 N–H and O–H groups in total. The monoisotopic (exact) mass is 432 g/mol. The number of esters is 1. The Morgan fingerprint density at radius 1 is 1.13 bits per heavy atom. The van der Waals surface area contributed by atoms with E-state index in [9.17, 15) is 9.59 Å². The second-order valence-corrected chi connectivity index (χ2v) is 7.27. The Hall–Kier alpha value is -2.57. The Kier molecular flexibility index (Phi) is 9.64. The molecule has 0 spiro atoms. The summed E-state index contributed by atoms with van der Waals surface area (Å²) in [5.41, 5.74) is 2.76. The predicted molar refractivity (Wildman–Crippen MR) is 118 cm³/mol. The van der Waals surface area contributed by atoms with E-state index >= 15 is 0 Å². The minimum Gasteiger partial charge on any atom is -0.492 e. The summed E-state index contributed by atoms with van der Waals surface area (Å²) in [5, 5.41) is 6.25. The molecular formula is C23H29ClN2O4. The van der Waals surface area contributed by atoms with E-state index in [4.69, 9.17) is 9.47 Å². The van der Waals surface area contributed by atoms with Crippen molar-refractivity contribution in [1.29, 1.82) is 0 Å². The van der Waals surface area contributed by atoms with Crippen molar-refractivity contribution in [3.05, 3.63) is 65.2 Å². The normalized spacial score (nSPS) is 15.2. The summed E-state index contributed by atoms with van der Waals surface area (Å²) in [6.45, 7) is 2.93. The van der Waals surface area contributed by atoms with Gasteiger partial charge in [0.05, 0.1) is 25.6 Å². The van der Waals surface area contributed by atoms with Gasteiger partial charge in [-0.2, -0.15) is 0 Å². The molecule has 2 aromatic rings. The highest BCUT2D eigenvalue weighted by atomic mass is 35.5. The summed E-state index contributed by atoms with van der Waals surface area (Å²) in [5.74, 6) is 0.840. The van der Waals surface area contributed by atoms with E-state index in [1.54, 1.807) is 24.3 Å². The molecule has 1 aliphatic rings. The number of carbonyl (C=O) groups excluding carboxylic acids is 2. The van der Waals surface area contributed by atoms with Crippen LogP contribution in [0.5, 0.6) is 5.75 Å². The van der Waals surface area contributed by atoms with E-state index in [0.717, 1.165) is 31.0 Å². The quantitative estimate of drug-likeness (QED) is 0.470. The van der Waals surface area contributed by atoms with Crippen LogP contribution in [-0.2, 0) is 22.4 Å². The van der Waals surface area contributed by atoms with Gasteiger partial charge in [0, 0.05) is 0 Å². The molecule has 7 heteroatoms. The van der Waals surface area contributed by atoms with Gasteiger partial charge in [-0.3, -0.25) is 4.79 Å². The van der Waals surface area contributed by atoms with Crippen LogP contribution in [0.2, 0.25) is 0 Å². The standard InChI is InChI=1S/C23H28N2O4.ClH/c1-28-23(27)20-3-2-4-21(15-20)29-12-11-25-22(26)14-18-7-5-17(6-8-18)13-19-9-10-24-16-19;/h2-8,15,19,24H,9-14,16H2,1H3,(H,25,26);1H. The number of carbonyl (C=O) groups is 2. The number of halogens is 1. The molecule has 1 heterocycles. The average molecular weight is 433 g/mol. The first-order valence-electron chi connectivity index (χ1n) is 10.0. The molecule has 0 bridgehead atoms. The van der Waals surface area contributed by atoms with Gasteiger partial charge in [0.2, 0.25) is 5.91 Å². The van der Waals surface area contributed by atoms with Gasteiger partial charge < -0.3 is 20.1 Å². The minimum absolute atomic E-state index is 0. The largest absolute Gasteiger partial charge is 0.492 e. The topological polar surface area (TPSA) is 76.7 Å². The van der Waals surface area contributed by atoms with Crippen molar-refractivity contribution >= 4 is 24.3 Å². The van der Waals surface area contributed by atoms with E-state index < -0.39 is 5.97 Å². The zero-order chi connectivity index (χ0) is 20.5. The van der Waals surface area contributed by atoms with Crippen LogP contribution in [0.15, 0.2) is 48.5 Å². The Morgan fingerprint density at radius 3 is 2.60 bits per heavy atom. The zero-order valence-electron chi connectivity index (χ0n) is 17.2. The zero-order valence-corrected chi connectivity index (χ0v) is 18.0. The molecule has 1 unspecified atom stereocenters. The van der Waals surface area contributed by atoms with Gasteiger partial charge in [0.15, 0.2) is 0 Å². The van der Waals surface area contributed by atoms with Crippen molar-refractivity contribution < 1.29 is 19.1 Å². The Morgan fingerprint density at radius 2 is 1.90 bits per heavy atom. The first kappa shape index (κ1) is 23.7. The van der Waals surface area contributed by atoms with Gasteiger partial charge in [-0.25, -0.2) is 4.79 Å². The summed E-state index contributed by atoms with van der Waals surface area (Å²) in [6, 6.07) is 15.1. The van der Waals surface area contributed by atoms with Gasteiger partial charge in [-0.05, 0) is 61.2 Å². The fourth-order valence-corrected chi connectivity index (χ4v) is 3.45. The number of ether oxygens (including phenoxy) is 2. The van der Waals surface area contributed by atoms with Crippen molar-refractivity contribution in [2.24, 2.45) is 5.92 Å². The van der Waals surface area contributed by atoms with Gasteiger partial charge in [0.1, 0.15) is 12.4 Å². The minimum atomic E-state index is -0.408. The summed E-state index contributed by atoms with van der Waals surface area (Å²) in [7, 11) is 1.34. The second-order valence-electron chi connectivity index (χ2n) is 7.27. The molecule has 1 amide bonds. The predicted octanol–water partition coefficient (Wildman–Crippen LogP) is 2.78. The SMILES string of the molecule is COC(=O)c1cccc(OCCNC(=O)Cc2ccc(CC3CCNC3)cc2)c1.Cl. The van der Waals surface area contributed by atoms with Crippen molar-refractivity contribution in [1.82, 2.24) is 10.6 Å². The number of nitrogens with one attached hydrogen (secondary N) is 2. The lowest BCUT2D eigenvalue weighted by molar-refractivity contribution is -0.120. The Labute approximate surface area is 183 Å². The lowest BCUT2D eigenvalue weighted by Gasteiger charge is -2.10. The second kappa shape index (κ2) is 12.2. The van der Waals surface area contributed by atoms with E-state index in [-0.39, 0.29) is 18.3 Å². The van der Waals surface area contributed by atoms with E-state index in [1.807, 2.05) is 12.1 Å². The fourth-order valence-electron chi connectivity index (χ4n) is 3.45. The number of benzene rings is 2. The summed E-state index contributed by atoms with van der Waals surface area (Å²) >= 11 is 0. The molecule has 1 atom stereocenters.